The monoisotopic (exact) mass is 243 g/mol. The highest BCUT2D eigenvalue weighted by Gasteiger charge is 2.38. The van der Waals surface area contributed by atoms with E-state index in [4.69, 9.17) is 15.6 Å². The van der Waals surface area contributed by atoms with Crippen LogP contribution in [0.5, 0.6) is 0 Å². The summed E-state index contributed by atoms with van der Waals surface area (Å²) in [6, 6.07) is 0. The van der Waals surface area contributed by atoms with E-state index < -0.39 is 12.1 Å². The van der Waals surface area contributed by atoms with E-state index in [1.165, 1.54) is 6.08 Å². The van der Waals surface area contributed by atoms with Gasteiger partial charge < -0.3 is 15.6 Å². The molecule has 8 heteroatoms. The molecule has 0 aliphatic carbocycles. The molecule has 0 fully saturated rings. The van der Waals surface area contributed by atoms with Gasteiger partial charge in [-0.15, -0.1) is 0 Å². The van der Waals surface area contributed by atoms with Crippen molar-refractivity contribution in [3.63, 3.8) is 0 Å². The average molecular weight is 243 g/mol. The van der Waals surface area contributed by atoms with E-state index in [0.717, 1.165) is 0 Å². The number of nitrogens with two attached hydrogens (primary N) is 1. The summed E-state index contributed by atoms with van der Waals surface area (Å²) in [4.78, 5) is 19.3. The minimum Gasteiger partial charge on any atom is -0.475 e. The molecule has 0 saturated heterocycles. The number of aliphatic carboxylic acids is 1. The predicted molar refractivity (Wildman–Crippen MR) is 48.5 cm³/mol. The van der Waals surface area contributed by atoms with Crippen molar-refractivity contribution in [2.45, 2.75) is 13.1 Å². The summed E-state index contributed by atoms with van der Waals surface area (Å²) in [6.45, 7) is 2.54. The molecule has 0 saturated carbocycles. The second-order valence-corrected chi connectivity index (χ2v) is 2.19. The van der Waals surface area contributed by atoms with E-state index in [1.54, 1.807) is 13.0 Å². The van der Waals surface area contributed by atoms with Gasteiger partial charge >= 0.3 is 18.1 Å². The van der Waals surface area contributed by atoms with Crippen LogP contribution in [-0.4, -0.2) is 36.4 Å². The maximum absolute atomic E-state index is 10.6. The predicted octanol–water partition coefficient (Wildman–Crippen LogP) is 0.698. The Labute approximate surface area is 89.7 Å². The van der Waals surface area contributed by atoms with Gasteiger partial charge in [-0.3, -0.25) is 0 Å². The lowest BCUT2D eigenvalue weighted by atomic mass is 10.5. The number of carboxylic acid groups (broad SMARTS) is 1. The van der Waals surface area contributed by atoms with Crippen molar-refractivity contribution in [1.29, 1.82) is 0 Å². The van der Waals surface area contributed by atoms with Crippen molar-refractivity contribution in [3.05, 3.63) is 12.2 Å². The van der Waals surface area contributed by atoms with Crippen LogP contribution in [0.1, 0.15) is 6.92 Å². The van der Waals surface area contributed by atoms with Crippen LogP contribution in [0.3, 0.4) is 0 Å². The standard InChI is InChI=1S/C6H11NO2.C2HF3O2/c1-2-9-6(8)4-3-5-7;3-2(4,5)1(6)7/h3-4H,2,5,7H2,1H3;(H,6,7). The maximum atomic E-state index is 10.6. The summed E-state index contributed by atoms with van der Waals surface area (Å²) >= 11 is 0. The van der Waals surface area contributed by atoms with Gasteiger partial charge in [-0.2, -0.15) is 13.2 Å². The van der Waals surface area contributed by atoms with E-state index in [2.05, 4.69) is 4.74 Å². The van der Waals surface area contributed by atoms with Crippen molar-refractivity contribution in [2.75, 3.05) is 13.2 Å². The SMILES string of the molecule is CCOC(=O)C=CCN.O=C(O)C(F)(F)F. The number of halogens is 3. The van der Waals surface area contributed by atoms with Crippen molar-refractivity contribution >= 4 is 11.9 Å². The molecule has 0 aromatic rings. The highest BCUT2D eigenvalue weighted by Crippen LogP contribution is 2.13. The van der Waals surface area contributed by atoms with Crippen molar-refractivity contribution in [2.24, 2.45) is 5.73 Å². The van der Waals surface area contributed by atoms with Gasteiger partial charge in [-0.1, -0.05) is 6.08 Å². The Bertz CT molecular complexity index is 250. The second-order valence-electron chi connectivity index (χ2n) is 2.19. The molecule has 0 unspecified atom stereocenters. The molecule has 0 bridgehead atoms. The zero-order chi connectivity index (χ0) is 13.2. The molecular formula is C8H12F3NO4. The first-order valence-corrected chi connectivity index (χ1v) is 4.09. The zero-order valence-corrected chi connectivity index (χ0v) is 8.45. The normalized spacial score (nSPS) is 10.6. The van der Waals surface area contributed by atoms with E-state index >= 15 is 0 Å². The van der Waals surface area contributed by atoms with E-state index in [0.29, 0.717) is 13.2 Å². The van der Waals surface area contributed by atoms with Gasteiger partial charge in [0.05, 0.1) is 6.61 Å². The lowest BCUT2D eigenvalue weighted by Crippen LogP contribution is -2.21. The molecule has 0 aromatic carbocycles. The first kappa shape index (κ1) is 16.8. The number of hydrogen-bond donors (Lipinski definition) is 2. The quantitative estimate of drug-likeness (QED) is 0.562. The number of ether oxygens (including phenoxy) is 1. The summed E-state index contributed by atoms with van der Waals surface area (Å²) in [5.74, 6) is -3.09. The Hall–Kier alpha value is -1.57. The van der Waals surface area contributed by atoms with Crippen LogP contribution in [-0.2, 0) is 14.3 Å². The van der Waals surface area contributed by atoms with Gasteiger partial charge in [0.25, 0.3) is 0 Å². The summed E-state index contributed by atoms with van der Waals surface area (Å²) in [7, 11) is 0. The molecule has 0 aliphatic rings. The smallest absolute Gasteiger partial charge is 0.475 e. The summed E-state index contributed by atoms with van der Waals surface area (Å²) in [5.41, 5.74) is 5.08. The van der Waals surface area contributed by atoms with Crippen LogP contribution in [0.2, 0.25) is 0 Å². The van der Waals surface area contributed by atoms with Gasteiger partial charge in [0.15, 0.2) is 0 Å². The van der Waals surface area contributed by atoms with Gasteiger partial charge in [-0.25, -0.2) is 9.59 Å². The van der Waals surface area contributed by atoms with Crippen molar-refractivity contribution < 1.29 is 32.6 Å². The zero-order valence-electron chi connectivity index (χ0n) is 8.45. The van der Waals surface area contributed by atoms with E-state index in [1.807, 2.05) is 0 Å². The molecule has 0 spiro atoms. The molecule has 0 radical (unpaired) electrons. The molecule has 0 aliphatic heterocycles. The summed E-state index contributed by atoms with van der Waals surface area (Å²) in [6.07, 6.45) is -2.21. The Kier molecular flexibility index (Phi) is 9.18. The van der Waals surface area contributed by atoms with Gasteiger partial charge in [0.2, 0.25) is 0 Å². The Balaban J connectivity index is 0. The van der Waals surface area contributed by atoms with Crippen LogP contribution in [0.15, 0.2) is 12.2 Å². The minimum absolute atomic E-state index is 0.331. The molecule has 0 atom stereocenters. The number of carbonyl (C=O) groups is 2. The highest BCUT2D eigenvalue weighted by atomic mass is 19.4. The van der Waals surface area contributed by atoms with Crippen molar-refractivity contribution in [1.82, 2.24) is 0 Å². The Morgan fingerprint density at radius 3 is 2.12 bits per heavy atom. The summed E-state index contributed by atoms with van der Waals surface area (Å²) in [5, 5.41) is 7.12. The number of carbonyl (C=O) groups excluding carboxylic acids is 1. The number of esters is 1. The van der Waals surface area contributed by atoms with Gasteiger partial charge in [-0.05, 0) is 6.92 Å². The first-order valence-electron chi connectivity index (χ1n) is 4.09. The molecular weight excluding hydrogens is 231 g/mol. The molecule has 0 aromatic heterocycles. The van der Waals surface area contributed by atoms with Crippen LogP contribution in [0, 0.1) is 0 Å². The van der Waals surface area contributed by atoms with Gasteiger partial charge in [0.1, 0.15) is 0 Å². The fourth-order valence-corrected chi connectivity index (χ4v) is 0.355. The molecule has 94 valence electrons. The molecule has 16 heavy (non-hydrogen) atoms. The lowest BCUT2D eigenvalue weighted by molar-refractivity contribution is -0.192. The number of alkyl halides is 3. The van der Waals surface area contributed by atoms with Crippen LogP contribution in [0.4, 0.5) is 13.2 Å². The first-order chi connectivity index (χ1) is 7.25. The fraction of sp³-hybridized carbons (Fsp3) is 0.500. The minimum atomic E-state index is -5.08. The summed E-state index contributed by atoms with van der Waals surface area (Å²) < 4.78 is 36.3. The van der Waals surface area contributed by atoms with Crippen LogP contribution >= 0.6 is 0 Å². The average Bonchev–Trinajstić information content (AvgIpc) is 2.14. The van der Waals surface area contributed by atoms with Crippen LogP contribution < -0.4 is 5.73 Å². The largest absolute Gasteiger partial charge is 0.490 e. The Morgan fingerprint density at radius 2 is 1.88 bits per heavy atom. The second kappa shape index (κ2) is 8.72. The molecule has 0 heterocycles. The third-order valence-corrected chi connectivity index (χ3v) is 0.919. The maximum Gasteiger partial charge on any atom is 0.490 e. The fourth-order valence-electron chi connectivity index (χ4n) is 0.355. The number of carboxylic acids is 1. The van der Waals surface area contributed by atoms with Gasteiger partial charge in [0, 0.05) is 12.6 Å². The third-order valence-electron chi connectivity index (χ3n) is 0.919. The molecule has 0 amide bonds. The molecule has 3 N–H and O–H groups in total. The number of rotatable bonds is 3. The third kappa shape index (κ3) is 12.4. The van der Waals surface area contributed by atoms with Crippen LogP contribution in [0.25, 0.3) is 0 Å². The highest BCUT2D eigenvalue weighted by molar-refractivity contribution is 5.81. The number of hydrogen-bond acceptors (Lipinski definition) is 4. The van der Waals surface area contributed by atoms with E-state index in [-0.39, 0.29) is 5.97 Å². The molecule has 0 rings (SSSR count). The lowest BCUT2D eigenvalue weighted by Gasteiger charge is -1.93. The topological polar surface area (TPSA) is 89.6 Å². The van der Waals surface area contributed by atoms with Crippen molar-refractivity contribution in [3.8, 4) is 0 Å². The Morgan fingerprint density at radius 1 is 1.44 bits per heavy atom. The van der Waals surface area contributed by atoms with E-state index in [9.17, 15) is 18.0 Å². The molecule has 5 nitrogen and oxygen atoms in total.